The van der Waals surface area contributed by atoms with Crippen LogP contribution in [-0.4, -0.2) is 17.6 Å². The third-order valence-corrected chi connectivity index (χ3v) is 7.54. The Morgan fingerprint density at radius 3 is 2.71 bits per heavy atom. The van der Waals surface area contributed by atoms with Gasteiger partial charge in [-0.3, -0.25) is 4.79 Å². The standard InChI is InChI=1S/C25H26N2O2S2/c1-3-26-19-10-4-6-12-21(19)30-23(26)16-18(2)17-24-27(15-9-8-14-25(28)29)20-11-5-7-13-22(20)31-24/h4-7,10-13,16-17H,3,8-9,14-15H2,1-2H3/p+1. The molecule has 3 aromatic rings. The Bertz CT molecular complexity index is 1160. The number of thiazole rings is 1. The second-order valence-electron chi connectivity index (χ2n) is 7.60. The fraction of sp³-hybridized carbons (Fsp3) is 0.280. The van der Waals surface area contributed by atoms with Crippen molar-refractivity contribution in [3.05, 3.63) is 70.2 Å². The van der Waals surface area contributed by atoms with Crippen LogP contribution < -0.4 is 9.47 Å². The molecular formula is C25H27N2O2S2+. The monoisotopic (exact) mass is 451 g/mol. The van der Waals surface area contributed by atoms with Crippen molar-refractivity contribution in [2.75, 3.05) is 11.4 Å². The molecule has 0 amide bonds. The van der Waals surface area contributed by atoms with E-state index in [0.717, 1.165) is 19.5 Å². The first-order chi connectivity index (χ1) is 15.1. The number of para-hydroxylation sites is 2. The largest absolute Gasteiger partial charge is 0.481 e. The lowest BCUT2D eigenvalue weighted by molar-refractivity contribution is -0.669. The van der Waals surface area contributed by atoms with Gasteiger partial charge < -0.3 is 10.0 Å². The molecule has 31 heavy (non-hydrogen) atoms. The van der Waals surface area contributed by atoms with Crippen LogP contribution in [0, 0.1) is 0 Å². The Morgan fingerprint density at radius 2 is 1.90 bits per heavy atom. The molecule has 6 heteroatoms. The number of hydrogen-bond acceptors (Lipinski definition) is 4. The van der Waals surface area contributed by atoms with E-state index in [9.17, 15) is 4.79 Å². The molecule has 160 valence electrons. The summed E-state index contributed by atoms with van der Waals surface area (Å²) in [6, 6.07) is 17.0. The highest BCUT2D eigenvalue weighted by atomic mass is 32.2. The lowest BCUT2D eigenvalue weighted by Gasteiger charge is -2.17. The summed E-state index contributed by atoms with van der Waals surface area (Å²) >= 11 is 3.61. The SMILES string of the molecule is CCN1C(=CC(C)=Cc2sc3ccccc3[n+]2CCCCC(=O)O)Sc2ccccc21. The highest BCUT2D eigenvalue weighted by molar-refractivity contribution is 8.03. The van der Waals surface area contributed by atoms with Gasteiger partial charge in [0.2, 0.25) is 5.52 Å². The molecule has 2 aromatic carbocycles. The smallest absolute Gasteiger partial charge is 0.303 e. The Labute approximate surface area is 191 Å². The predicted octanol–water partition coefficient (Wildman–Crippen LogP) is 6.32. The van der Waals surface area contributed by atoms with Crippen LogP contribution in [0.25, 0.3) is 16.3 Å². The zero-order valence-electron chi connectivity index (χ0n) is 17.9. The molecule has 1 aliphatic heterocycles. The Balaban J connectivity index is 1.62. The first kappa shape index (κ1) is 21.7. The average Bonchev–Trinajstić information content (AvgIpc) is 3.27. The summed E-state index contributed by atoms with van der Waals surface area (Å²) < 4.78 is 3.59. The third kappa shape index (κ3) is 4.86. The van der Waals surface area contributed by atoms with Crippen LogP contribution in [0.4, 0.5) is 5.69 Å². The fourth-order valence-electron chi connectivity index (χ4n) is 3.85. The fourth-order valence-corrected chi connectivity index (χ4v) is 6.29. The molecule has 0 fully saturated rings. The van der Waals surface area contributed by atoms with E-state index in [2.05, 4.69) is 84.0 Å². The topological polar surface area (TPSA) is 44.4 Å². The van der Waals surface area contributed by atoms with Crippen molar-refractivity contribution in [2.24, 2.45) is 0 Å². The lowest BCUT2D eigenvalue weighted by Crippen LogP contribution is -2.35. The maximum absolute atomic E-state index is 10.9. The molecule has 1 aromatic heterocycles. The molecule has 2 heterocycles. The number of benzene rings is 2. The number of allylic oxidation sites excluding steroid dienone is 2. The summed E-state index contributed by atoms with van der Waals surface area (Å²) in [6.45, 7) is 6.11. The molecule has 0 aliphatic carbocycles. The van der Waals surface area contributed by atoms with Gasteiger partial charge in [0.25, 0.3) is 5.01 Å². The number of carboxylic acids is 1. The number of carbonyl (C=O) groups is 1. The van der Waals surface area contributed by atoms with E-state index in [-0.39, 0.29) is 6.42 Å². The summed E-state index contributed by atoms with van der Waals surface area (Å²) in [5.74, 6) is -0.724. The number of anilines is 1. The van der Waals surface area contributed by atoms with Crippen molar-refractivity contribution in [2.45, 2.75) is 44.6 Å². The number of unbranched alkanes of at least 4 members (excludes halogenated alkanes) is 1. The van der Waals surface area contributed by atoms with Gasteiger partial charge >= 0.3 is 5.97 Å². The van der Waals surface area contributed by atoms with Crippen molar-refractivity contribution < 1.29 is 14.5 Å². The van der Waals surface area contributed by atoms with E-state index in [1.165, 1.54) is 36.4 Å². The number of aliphatic carboxylic acids is 1. The quantitative estimate of drug-likeness (QED) is 0.321. The molecular weight excluding hydrogens is 424 g/mol. The number of rotatable bonds is 8. The van der Waals surface area contributed by atoms with Crippen LogP contribution in [0.3, 0.4) is 0 Å². The summed E-state index contributed by atoms with van der Waals surface area (Å²) in [7, 11) is 0. The number of thioether (sulfide) groups is 1. The summed E-state index contributed by atoms with van der Waals surface area (Å²) in [5, 5.41) is 11.4. The van der Waals surface area contributed by atoms with Crippen molar-refractivity contribution in [3.63, 3.8) is 0 Å². The normalized spacial score (nSPS) is 15.1. The highest BCUT2D eigenvalue weighted by Crippen LogP contribution is 2.45. The number of aryl methyl sites for hydroxylation is 1. The number of nitrogens with zero attached hydrogens (tertiary/aromatic N) is 2. The zero-order chi connectivity index (χ0) is 21.8. The lowest BCUT2D eigenvalue weighted by atomic mass is 10.2. The van der Waals surface area contributed by atoms with Gasteiger partial charge in [0.05, 0.1) is 10.7 Å². The van der Waals surface area contributed by atoms with Crippen molar-refractivity contribution in [3.8, 4) is 0 Å². The van der Waals surface area contributed by atoms with Gasteiger partial charge in [-0.05, 0) is 50.1 Å². The minimum absolute atomic E-state index is 0.226. The van der Waals surface area contributed by atoms with Gasteiger partial charge in [0.1, 0.15) is 4.70 Å². The summed E-state index contributed by atoms with van der Waals surface area (Å²) in [6.07, 6.45) is 6.30. The van der Waals surface area contributed by atoms with Crippen LogP contribution in [0.5, 0.6) is 0 Å². The van der Waals surface area contributed by atoms with Crippen LogP contribution in [0.15, 0.2) is 70.1 Å². The van der Waals surface area contributed by atoms with E-state index in [1.54, 1.807) is 11.3 Å². The highest BCUT2D eigenvalue weighted by Gasteiger charge is 2.23. The third-order valence-electron chi connectivity index (χ3n) is 5.31. The molecule has 4 rings (SSSR count). The maximum Gasteiger partial charge on any atom is 0.303 e. The van der Waals surface area contributed by atoms with Crippen LogP contribution in [0.2, 0.25) is 0 Å². The number of hydrogen-bond donors (Lipinski definition) is 1. The first-order valence-electron chi connectivity index (χ1n) is 10.6. The van der Waals surface area contributed by atoms with Crippen molar-refractivity contribution in [1.29, 1.82) is 0 Å². The Hall–Kier alpha value is -2.57. The minimum atomic E-state index is -0.724. The van der Waals surface area contributed by atoms with Crippen LogP contribution in [-0.2, 0) is 11.3 Å². The number of carboxylic acid groups (broad SMARTS) is 1. The maximum atomic E-state index is 10.9. The van der Waals surface area contributed by atoms with Crippen LogP contribution >= 0.6 is 23.1 Å². The van der Waals surface area contributed by atoms with Crippen LogP contribution in [0.1, 0.15) is 38.1 Å². The van der Waals surface area contributed by atoms with E-state index in [4.69, 9.17) is 5.11 Å². The van der Waals surface area contributed by atoms with Gasteiger partial charge in [-0.25, -0.2) is 0 Å². The second-order valence-corrected chi connectivity index (χ2v) is 9.72. The van der Waals surface area contributed by atoms with Gasteiger partial charge in [-0.2, -0.15) is 4.57 Å². The Morgan fingerprint density at radius 1 is 1.13 bits per heavy atom. The molecule has 0 unspecified atom stereocenters. The molecule has 1 N–H and O–H groups in total. The number of fused-ring (bicyclic) bond motifs is 2. The van der Waals surface area contributed by atoms with Gasteiger partial charge in [-0.15, -0.1) is 0 Å². The molecule has 0 saturated heterocycles. The van der Waals surface area contributed by atoms with E-state index < -0.39 is 5.97 Å². The molecule has 0 spiro atoms. The minimum Gasteiger partial charge on any atom is -0.481 e. The summed E-state index contributed by atoms with van der Waals surface area (Å²) in [5.41, 5.74) is 3.70. The van der Waals surface area contributed by atoms with Crippen molar-refractivity contribution >= 4 is 51.0 Å². The Kier molecular flexibility index (Phi) is 6.78. The van der Waals surface area contributed by atoms with E-state index in [0.29, 0.717) is 6.42 Å². The first-order valence-corrected chi connectivity index (χ1v) is 12.3. The molecule has 0 radical (unpaired) electrons. The molecule has 1 aliphatic rings. The molecule has 0 atom stereocenters. The van der Waals surface area contributed by atoms with E-state index >= 15 is 0 Å². The van der Waals surface area contributed by atoms with Gasteiger partial charge in [0, 0.05) is 36.4 Å². The summed E-state index contributed by atoms with van der Waals surface area (Å²) in [4.78, 5) is 14.5. The molecule has 4 nitrogen and oxygen atoms in total. The van der Waals surface area contributed by atoms with Crippen molar-refractivity contribution in [1.82, 2.24) is 0 Å². The van der Waals surface area contributed by atoms with Gasteiger partial charge in [0.15, 0.2) is 6.54 Å². The molecule has 0 bridgehead atoms. The predicted molar refractivity (Wildman–Crippen MR) is 131 cm³/mol. The number of aromatic nitrogens is 1. The van der Waals surface area contributed by atoms with Gasteiger partial charge in [-0.1, -0.05) is 47.4 Å². The molecule has 0 saturated carbocycles. The zero-order valence-corrected chi connectivity index (χ0v) is 19.5. The average molecular weight is 452 g/mol. The van der Waals surface area contributed by atoms with E-state index in [1.807, 2.05) is 11.8 Å². The second kappa shape index (κ2) is 9.71.